The number of fused-ring (bicyclic) bond motifs is 1. The number of benzene rings is 1. The number of nitrogens with zero attached hydrogens (tertiary/aromatic N) is 2. The van der Waals surface area contributed by atoms with Gasteiger partial charge in [0, 0.05) is 17.2 Å². The summed E-state index contributed by atoms with van der Waals surface area (Å²) in [5, 5.41) is 0. The van der Waals surface area contributed by atoms with Crippen LogP contribution in [0, 0.1) is 5.92 Å². The molecule has 0 radical (unpaired) electrons. The number of anilines is 1. The van der Waals surface area contributed by atoms with Gasteiger partial charge in [0.25, 0.3) is 0 Å². The maximum absolute atomic E-state index is 12.7. The second-order valence-electron chi connectivity index (χ2n) is 6.16. The van der Waals surface area contributed by atoms with E-state index >= 15 is 0 Å². The Morgan fingerprint density at radius 3 is 2.71 bits per heavy atom. The van der Waals surface area contributed by atoms with Gasteiger partial charge < -0.3 is 9.64 Å². The average molecular weight is 348 g/mol. The minimum Gasteiger partial charge on any atom is -0.466 e. The Kier molecular flexibility index (Phi) is 5.79. The van der Waals surface area contributed by atoms with Gasteiger partial charge in [-0.2, -0.15) is 0 Å². The molecule has 24 heavy (non-hydrogen) atoms. The predicted molar refractivity (Wildman–Crippen MR) is 95.3 cm³/mol. The van der Waals surface area contributed by atoms with E-state index in [2.05, 4.69) is 11.0 Å². The van der Waals surface area contributed by atoms with E-state index in [1.165, 1.54) is 4.90 Å². The van der Waals surface area contributed by atoms with Crippen molar-refractivity contribution in [3.8, 4) is 0 Å². The number of likely N-dealkylation sites (tertiary alicyclic amines) is 1. The first-order valence-electron chi connectivity index (χ1n) is 8.60. The normalized spacial score (nSPS) is 19.0. The number of ether oxygens (including phenoxy) is 1. The predicted octanol–water partition coefficient (Wildman–Crippen LogP) is 2.40. The molecule has 2 heterocycles. The Hall–Kier alpha value is -1.53. The van der Waals surface area contributed by atoms with Crippen molar-refractivity contribution < 1.29 is 14.3 Å². The smallest absolute Gasteiger partial charge is 0.309 e. The number of thioether (sulfide) groups is 1. The molecule has 0 saturated carbocycles. The van der Waals surface area contributed by atoms with Gasteiger partial charge in [-0.05, 0) is 45.0 Å². The first-order valence-corrected chi connectivity index (χ1v) is 9.58. The van der Waals surface area contributed by atoms with Gasteiger partial charge in [0.05, 0.1) is 24.8 Å². The third-order valence-corrected chi connectivity index (χ3v) is 5.64. The van der Waals surface area contributed by atoms with Crippen LogP contribution < -0.4 is 4.90 Å². The number of amides is 1. The molecule has 0 unspecified atom stereocenters. The van der Waals surface area contributed by atoms with E-state index in [0.29, 0.717) is 13.2 Å². The van der Waals surface area contributed by atoms with Crippen LogP contribution in [0.3, 0.4) is 0 Å². The van der Waals surface area contributed by atoms with Crippen molar-refractivity contribution >= 4 is 29.3 Å². The number of carbonyl (C=O) groups is 2. The summed E-state index contributed by atoms with van der Waals surface area (Å²) >= 11 is 1.81. The molecule has 0 aliphatic carbocycles. The van der Waals surface area contributed by atoms with Gasteiger partial charge in [-0.3, -0.25) is 14.5 Å². The number of hydrogen-bond donors (Lipinski definition) is 0. The molecule has 0 N–H and O–H groups in total. The molecule has 0 atom stereocenters. The minimum atomic E-state index is -0.0922. The zero-order valence-corrected chi connectivity index (χ0v) is 14.9. The largest absolute Gasteiger partial charge is 0.466 e. The van der Waals surface area contributed by atoms with Crippen molar-refractivity contribution in [2.24, 2.45) is 5.92 Å². The first kappa shape index (κ1) is 17.3. The molecule has 0 bridgehead atoms. The van der Waals surface area contributed by atoms with Crippen LogP contribution in [-0.4, -0.2) is 55.3 Å². The second kappa shape index (κ2) is 8.03. The SMILES string of the molecule is CCOC(=O)C1CCN(CC(=O)N2CCSc3ccccc32)CC1. The molecule has 0 aromatic heterocycles. The Morgan fingerprint density at radius 1 is 1.21 bits per heavy atom. The Bertz CT molecular complexity index is 600. The molecule has 3 rings (SSSR count). The van der Waals surface area contributed by atoms with Crippen molar-refractivity contribution in [1.82, 2.24) is 4.90 Å². The van der Waals surface area contributed by atoms with Crippen molar-refractivity contribution in [3.05, 3.63) is 24.3 Å². The summed E-state index contributed by atoms with van der Waals surface area (Å²) in [6.45, 7) is 5.01. The van der Waals surface area contributed by atoms with Crippen LogP contribution in [0.25, 0.3) is 0 Å². The van der Waals surface area contributed by atoms with Gasteiger partial charge in [0.2, 0.25) is 5.91 Å². The quantitative estimate of drug-likeness (QED) is 0.782. The van der Waals surface area contributed by atoms with E-state index in [1.807, 2.05) is 30.0 Å². The van der Waals surface area contributed by atoms with Crippen molar-refractivity contribution in [3.63, 3.8) is 0 Å². The molecule has 1 aromatic rings. The summed E-state index contributed by atoms with van der Waals surface area (Å²) in [5.41, 5.74) is 1.03. The highest BCUT2D eigenvalue weighted by atomic mass is 32.2. The van der Waals surface area contributed by atoms with Crippen molar-refractivity contribution in [2.45, 2.75) is 24.7 Å². The fourth-order valence-corrected chi connectivity index (χ4v) is 4.29. The van der Waals surface area contributed by atoms with Crippen LogP contribution in [0.5, 0.6) is 0 Å². The lowest BCUT2D eigenvalue weighted by atomic mass is 9.97. The zero-order valence-electron chi connectivity index (χ0n) is 14.1. The molecular weight excluding hydrogens is 324 g/mol. The first-order chi connectivity index (χ1) is 11.7. The Labute approximate surface area is 147 Å². The van der Waals surface area contributed by atoms with Crippen LogP contribution in [0.1, 0.15) is 19.8 Å². The highest BCUT2D eigenvalue weighted by molar-refractivity contribution is 7.99. The Morgan fingerprint density at radius 2 is 1.96 bits per heavy atom. The molecule has 1 fully saturated rings. The van der Waals surface area contributed by atoms with Gasteiger partial charge in [-0.15, -0.1) is 11.8 Å². The third-order valence-electron chi connectivity index (χ3n) is 4.60. The van der Waals surface area contributed by atoms with Crippen LogP contribution >= 0.6 is 11.8 Å². The van der Waals surface area contributed by atoms with E-state index in [4.69, 9.17) is 4.74 Å². The molecule has 0 spiro atoms. The number of esters is 1. The summed E-state index contributed by atoms with van der Waals surface area (Å²) < 4.78 is 5.10. The summed E-state index contributed by atoms with van der Waals surface area (Å²) in [7, 11) is 0. The van der Waals surface area contributed by atoms with Gasteiger partial charge >= 0.3 is 5.97 Å². The lowest BCUT2D eigenvalue weighted by molar-refractivity contribution is -0.149. The monoisotopic (exact) mass is 348 g/mol. The number of carbonyl (C=O) groups excluding carboxylic acids is 2. The molecule has 1 amide bonds. The van der Waals surface area contributed by atoms with E-state index in [1.54, 1.807) is 11.8 Å². The minimum absolute atomic E-state index is 0.0107. The summed E-state index contributed by atoms with van der Waals surface area (Å²) in [6.07, 6.45) is 1.55. The molecular formula is C18H24N2O3S. The highest BCUT2D eigenvalue weighted by Gasteiger charge is 2.29. The van der Waals surface area contributed by atoms with E-state index in [0.717, 1.165) is 43.9 Å². The topological polar surface area (TPSA) is 49.9 Å². The zero-order chi connectivity index (χ0) is 16.9. The number of rotatable bonds is 4. The van der Waals surface area contributed by atoms with Gasteiger partial charge in [-0.25, -0.2) is 0 Å². The van der Waals surface area contributed by atoms with Gasteiger partial charge in [0.15, 0.2) is 0 Å². The highest BCUT2D eigenvalue weighted by Crippen LogP contribution is 2.34. The van der Waals surface area contributed by atoms with Crippen molar-refractivity contribution in [2.75, 3.05) is 43.4 Å². The summed E-state index contributed by atoms with van der Waals surface area (Å²) in [4.78, 5) is 29.8. The lowest BCUT2D eigenvalue weighted by Crippen LogP contribution is -2.46. The fourth-order valence-electron chi connectivity index (χ4n) is 3.29. The molecule has 2 aliphatic heterocycles. The van der Waals surface area contributed by atoms with Gasteiger partial charge in [0.1, 0.15) is 0 Å². The molecule has 2 aliphatic rings. The summed E-state index contributed by atoms with van der Waals surface area (Å²) in [6, 6.07) is 8.09. The molecule has 5 nitrogen and oxygen atoms in total. The van der Waals surface area contributed by atoms with Crippen molar-refractivity contribution in [1.29, 1.82) is 0 Å². The van der Waals surface area contributed by atoms with E-state index in [-0.39, 0.29) is 17.8 Å². The third kappa shape index (κ3) is 3.92. The summed E-state index contributed by atoms with van der Waals surface area (Å²) in [5.74, 6) is 0.986. The molecule has 6 heteroatoms. The number of hydrogen-bond acceptors (Lipinski definition) is 5. The molecule has 130 valence electrons. The van der Waals surface area contributed by atoms with E-state index < -0.39 is 0 Å². The lowest BCUT2D eigenvalue weighted by Gasteiger charge is -2.34. The standard InChI is InChI=1S/C18H24N2O3S/c1-2-23-18(22)14-7-9-19(10-8-14)13-17(21)20-11-12-24-16-6-4-3-5-15(16)20/h3-6,14H,2,7-13H2,1H3. The van der Waals surface area contributed by atoms with Crippen LogP contribution in [0.4, 0.5) is 5.69 Å². The Balaban J connectivity index is 1.55. The van der Waals surface area contributed by atoms with Crippen LogP contribution in [-0.2, 0) is 14.3 Å². The van der Waals surface area contributed by atoms with Crippen LogP contribution in [0.15, 0.2) is 29.2 Å². The number of para-hydroxylation sites is 1. The maximum Gasteiger partial charge on any atom is 0.309 e. The fraction of sp³-hybridized carbons (Fsp3) is 0.556. The molecule has 1 saturated heterocycles. The van der Waals surface area contributed by atoms with Crippen LogP contribution in [0.2, 0.25) is 0 Å². The second-order valence-corrected chi connectivity index (χ2v) is 7.30. The maximum atomic E-state index is 12.7. The van der Waals surface area contributed by atoms with Gasteiger partial charge in [-0.1, -0.05) is 12.1 Å². The van der Waals surface area contributed by atoms with E-state index in [9.17, 15) is 9.59 Å². The average Bonchev–Trinajstić information content (AvgIpc) is 2.62. The molecule has 1 aromatic carbocycles. The number of piperidine rings is 1.